The fourth-order valence-corrected chi connectivity index (χ4v) is 3.13. The molecular formula is C19H25N3O3. The first-order chi connectivity index (χ1) is 12.1. The number of carbonyl (C=O) groups is 2. The number of nitrogens with one attached hydrogen (secondary N) is 1. The van der Waals surface area contributed by atoms with Crippen molar-refractivity contribution in [1.29, 1.82) is 5.26 Å². The molecule has 0 bridgehead atoms. The second kappa shape index (κ2) is 9.19. The lowest BCUT2D eigenvalue weighted by atomic mass is 9.94. The molecule has 1 N–H and O–H groups in total. The van der Waals surface area contributed by atoms with E-state index >= 15 is 0 Å². The second-order valence-corrected chi connectivity index (χ2v) is 6.28. The Balaban J connectivity index is 1.99. The lowest BCUT2D eigenvalue weighted by molar-refractivity contribution is -0.126. The van der Waals surface area contributed by atoms with E-state index in [1.54, 1.807) is 12.1 Å². The summed E-state index contributed by atoms with van der Waals surface area (Å²) in [4.78, 5) is 26.1. The van der Waals surface area contributed by atoms with Gasteiger partial charge in [-0.25, -0.2) is 4.79 Å². The molecule has 1 saturated heterocycles. The van der Waals surface area contributed by atoms with Gasteiger partial charge in [0.05, 0.1) is 18.2 Å². The number of nitrogens with zero attached hydrogens (tertiary/aromatic N) is 2. The fraction of sp³-hybridized carbons (Fsp3) is 0.526. The van der Waals surface area contributed by atoms with E-state index in [9.17, 15) is 14.9 Å². The zero-order valence-corrected chi connectivity index (χ0v) is 14.9. The highest BCUT2D eigenvalue weighted by Crippen LogP contribution is 2.22. The fourth-order valence-electron chi connectivity index (χ4n) is 3.13. The van der Waals surface area contributed by atoms with Crippen LogP contribution in [0.1, 0.15) is 47.7 Å². The molecular weight excluding hydrogens is 318 g/mol. The number of carbonyl (C=O) groups excluding carboxylic acids is 2. The summed E-state index contributed by atoms with van der Waals surface area (Å²) in [5, 5.41) is 12.4. The van der Waals surface area contributed by atoms with Gasteiger partial charge in [0.1, 0.15) is 6.07 Å². The van der Waals surface area contributed by atoms with Crippen molar-refractivity contribution in [3.8, 4) is 6.07 Å². The highest BCUT2D eigenvalue weighted by molar-refractivity contribution is 5.92. The third-order valence-electron chi connectivity index (χ3n) is 4.57. The van der Waals surface area contributed by atoms with Crippen LogP contribution in [0.3, 0.4) is 0 Å². The number of likely N-dealkylation sites (tertiary alicyclic amines) is 1. The van der Waals surface area contributed by atoms with Gasteiger partial charge < -0.3 is 10.1 Å². The average molecular weight is 343 g/mol. The molecule has 0 aromatic heterocycles. The van der Waals surface area contributed by atoms with Crippen LogP contribution in [-0.2, 0) is 16.1 Å². The first-order valence-electron chi connectivity index (χ1n) is 8.71. The Morgan fingerprint density at radius 1 is 1.36 bits per heavy atom. The Bertz CT molecular complexity index is 658. The van der Waals surface area contributed by atoms with Crippen molar-refractivity contribution in [2.45, 2.75) is 32.7 Å². The molecule has 1 aliphatic rings. The van der Waals surface area contributed by atoms with Crippen LogP contribution in [0.5, 0.6) is 0 Å². The summed E-state index contributed by atoms with van der Waals surface area (Å²) < 4.78 is 4.75. The zero-order chi connectivity index (χ0) is 18.2. The summed E-state index contributed by atoms with van der Waals surface area (Å²) in [7, 11) is 1.31. The lowest BCUT2D eigenvalue weighted by Gasteiger charge is -2.31. The predicted octanol–water partition coefficient (Wildman–Crippen LogP) is 2.08. The van der Waals surface area contributed by atoms with E-state index in [2.05, 4.69) is 16.3 Å². The highest BCUT2D eigenvalue weighted by Gasteiger charge is 2.25. The van der Waals surface area contributed by atoms with Crippen LogP contribution in [0, 0.1) is 17.2 Å². The van der Waals surface area contributed by atoms with Gasteiger partial charge in [-0.05, 0) is 44.0 Å². The van der Waals surface area contributed by atoms with Crippen molar-refractivity contribution >= 4 is 11.9 Å². The number of hydrogen-bond donors (Lipinski definition) is 1. The maximum absolute atomic E-state index is 12.1. The van der Waals surface area contributed by atoms with Crippen LogP contribution in [0.25, 0.3) is 0 Å². The van der Waals surface area contributed by atoms with Crippen LogP contribution in [0.2, 0.25) is 0 Å². The minimum atomic E-state index is -0.496. The van der Waals surface area contributed by atoms with Gasteiger partial charge in [0.15, 0.2) is 0 Å². The number of amides is 1. The smallest absolute Gasteiger partial charge is 0.339 e. The first kappa shape index (κ1) is 18.9. The van der Waals surface area contributed by atoms with Crippen LogP contribution in [-0.4, -0.2) is 43.5 Å². The molecule has 1 amide bonds. The van der Waals surface area contributed by atoms with E-state index in [1.165, 1.54) is 7.11 Å². The number of rotatable bonds is 6. The number of hydrogen-bond acceptors (Lipinski definition) is 5. The van der Waals surface area contributed by atoms with Gasteiger partial charge in [-0.15, -0.1) is 0 Å². The molecule has 0 unspecified atom stereocenters. The van der Waals surface area contributed by atoms with Crippen LogP contribution >= 0.6 is 0 Å². The number of piperidine rings is 1. The van der Waals surface area contributed by atoms with Crippen LogP contribution in [0.15, 0.2) is 18.2 Å². The number of ether oxygens (including phenoxy) is 1. The molecule has 6 heteroatoms. The van der Waals surface area contributed by atoms with Gasteiger partial charge >= 0.3 is 5.97 Å². The summed E-state index contributed by atoms with van der Waals surface area (Å²) in [5.41, 5.74) is 1.49. The Labute approximate surface area is 148 Å². The minimum absolute atomic E-state index is 0.0691. The molecule has 0 saturated carbocycles. The molecule has 1 heterocycles. The first-order valence-corrected chi connectivity index (χ1v) is 8.71. The van der Waals surface area contributed by atoms with E-state index < -0.39 is 5.97 Å². The van der Waals surface area contributed by atoms with Gasteiger partial charge in [0, 0.05) is 19.0 Å². The van der Waals surface area contributed by atoms with Gasteiger partial charge in [0.2, 0.25) is 5.91 Å². The number of benzene rings is 1. The van der Waals surface area contributed by atoms with E-state index in [1.807, 2.05) is 13.0 Å². The zero-order valence-electron chi connectivity index (χ0n) is 14.9. The molecule has 1 fully saturated rings. The van der Waals surface area contributed by atoms with Crippen molar-refractivity contribution < 1.29 is 14.3 Å². The molecule has 0 aliphatic carbocycles. The average Bonchev–Trinajstić information content (AvgIpc) is 2.65. The van der Waals surface area contributed by atoms with E-state index in [-0.39, 0.29) is 11.8 Å². The quantitative estimate of drug-likeness (QED) is 0.800. The van der Waals surface area contributed by atoms with Gasteiger partial charge in [0.25, 0.3) is 0 Å². The van der Waals surface area contributed by atoms with Crippen LogP contribution in [0.4, 0.5) is 0 Å². The minimum Gasteiger partial charge on any atom is -0.465 e. The maximum atomic E-state index is 12.1. The molecule has 1 aliphatic heterocycles. The second-order valence-electron chi connectivity index (χ2n) is 6.28. The Kier molecular flexibility index (Phi) is 6.96. The summed E-state index contributed by atoms with van der Waals surface area (Å²) in [6, 6.07) is 7.37. The van der Waals surface area contributed by atoms with Gasteiger partial charge in [-0.2, -0.15) is 5.26 Å². The molecule has 1 aromatic rings. The molecule has 1 aromatic carbocycles. The Hall–Kier alpha value is -2.39. The van der Waals surface area contributed by atoms with Crippen molar-refractivity contribution in [1.82, 2.24) is 10.2 Å². The van der Waals surface area contributed by atoms with Gasteiger partial charge in [-0.1, -0.05) is 19.1 Å². The SMILES string of the molecule is CCCNC(=O)C1CCN(Cc2cccc(C(=O)OC)c2C#N)CC1. The maximum Gasteiger partial charge on any atom is 0.339 e. The van der Waals surface area contributed by atoms with E-state index in [0.717, 1.165) is 44.5 Å². The molecule has 134 valence electrons. The van der Waals surface area contributed by atoms with E-state index in [0.29, 0.717) is 17.7 Å². The lowest BCUT2D eigenvalue weighted by Crippen LogP contribution is -2.40. The predicted molar refractivity (Wildman–Crippen MR) is 93.8 cm³/mol. The van der Waals surface area contributed by atoms with E-state index in [4.69, 9.17) is 4.74 Å². The molecule has 6 nitrogen and oxygen atoms in total. The number of nitriles is 1. The Morgan fingerprint density at radius 3 is 2.68 bits per heavy atom. The summed E-state index contributed by atoms with van der Waals surface area (Å²) in [6.45, 7) is 4.97. The molecule has 2 rings (SSSR count). The summed E-state index contributed by atoms with van der Waals surface area (Å²) >= 11 is 0. The largest absolute Gasteiger partial charge is 0.465 e. The van der Waals surface area contributed by atoms with Crippen molar-refractivity contribution in [2.75, 3.05) is 26.7 Å². The van der Waals surface area contributed by atoms with Crippen molar-refractivity contribution in [2.24, 2.45) is 5.92 Å². The highest BCUT2D eigenvalue weighted by atomic mass is 16.5. The summed E-state index contributed by atoms with van der Waals surface area (Å²) in [6.07, 6.45) is 2.57. The van der Waals surface area contributed by atoms with Crippen molar-refractivity contribution in [3.63, 3.8) is 0 Å². The molecule has 25 heavy (non-hydrogen) atoms. The molecule has 0 radical (unpaired) electrons. The Morgan fingerprint density at radius 2 is 2.08 bits per heavy atom. The molecule has 0 atom stereocenters. The van der Waals surface area contributed by atoms with Crippen LogP contribution < -0.4 is 5.32 Å². The summed E-state index contributed by atoms with van der Waals surface area (Å²) in [5.74, 6) is -0.281. The molecule has 0 spiro atoms. The van der Waals surface area contributed by atoms with Crippen molar-refractivity contribution in [3.05, 3.63) is 34.9 Å². The monoisotopic (exact) mass is 343 g/mol. The number of methoxy groups -OCH3 is 1. The third kappa shape index (κ3) is 4.80. The van der Waals surface area contributed by atoms with Gasteiger partial charge in [-0.3, -0.25) is 9.69 Å². The number of esters is 1. The topological polar surface area (TPSA) is 82.4 Å². The standard InChI is InChI=1S/C19H25N3O3/c1-3-9-21-18(23)14-7-10-22(11-8-14)13-15-5-4-6-16(17(15)12-20)19(24)25-2/h4-6,14H,3,7-11,13H2,1-2H3,(H,21,23). The normalized spacial score (nSPS) is 15.4. The third-order valence-corrected chi connectivity index (χ3v) is 4.57.